The van der Waals surface area contributed by atoms with Crippen molar-refractivity contribution in [2.75, 3.05) is 24.3 Å². The summed E-state index contributed by atoms with van der Waals surface area (Å²) in [4.78, 5) is 15.2. The predicted molar refractivity (Wildman–Crippen MR) is 105 cm³/mol. The number of rotatable bonds is 2. The average molecular weight is 350 g/mol. The molecule has 1 aromatic carbocycles. The van der Waals surface area contributed by atoms with Gasteiger partial charge in [-0.05, 0) is 36.5 Å². The molecule has 136 valence electrons. The van der Waals surface area contributed by atoms with Crippen LogP contribution in [0, 0.1) is 12.3 Å². The first-order chi connectivity index (χ1) is 12.3. The van der Waals surface area contributed by atoms with Crippen LogP contribution in [-0.2, 0) is 4.79 Å². The second-order valence-corrected chi connectivity index (χ2v) is 8.49. The lowest BCUT2D eigenvalue weighted by Crippen LogP contribution is -2.33. The average Bonchev–Trinajstić information content (AvgIpc) is 2.93. The minimum Gasteiger partial charge on any atom is -0.378 e. The number of benzene rings is 1. The van der Waals surface area contributed by atoms with Gasteiger partial charge >= 0.3 is 0 Å². The smallest absolute Gasteiger partial charge is 0.162 e. The van der Waals surface area contributed by atoms with Gasteiger partial charge in [-0.15, -0.1) is 0 Å². The van der Waals surface area contributed by atoms with Crippen LogP contribution in [0.15, 0.2) is 35.5 Å². The van der Waals surface area contributed by atoms with Gasteiger partial charge in [-0.1, -0.05) is 26.0 Å². The minimum atomic E-state index is -0.0557. The number of aromatic nitrogens is 2. The fourth-order valence-electron chi connectivity index (χ4n) is 4.25. The molecule has 5 nitrogen and oxygen atoms in total. The molecule has 0 saturated carbocycles. The van der Waals surface area contributed by atoms with Gasteiger partial charge in [-0.2, -0.15) is 5.10 Å². The molecular formula is C21H26N4O. The highest BCUT2D eigenvalue weighted by atomic mass is 16.1. The highest BCUT2D eigenvalue weighted by Crippen LogP contribution is 2.49. The van der Waals surface area contributed by atoms with Gasteiger partial charge < -0.3 is 10.2 Å². The van der Waals surface area contributed by atoms with Crippen molar-refractivity contribution in [2.24, 2.45) is 5.41 Å². The number of carbonyl (C=O) groups excluding carboxylic acids is 1. The molecule has 2 heterocycles. The Balaban J connectivity index is 1.88. The summed E-state index contributed by atoms with van der Waals surface area (Å²) in [6, 6.07) is 8.51. The van der Waals surface area contributed by atoms with Crippen molar-refractivity contribution in [3.8, 4) is 0 Å². The van der Waals surface area contributed by atoms with Crippen LogP contribution in [0.4, 0.5) is 11.5 Å². The minimum absolute atomic E-state index is 0.0227. The third kappa shape index (κ3) is 2.62. The van der Waals surface area contributed by atoms with Crippen LogP contribution in [0.1, 0.15) is 49.4 Å². The van der Waals surface area contributed by atoms with Gasteiger partial charge in [0.1, 0.15) is 0 Å². The maximum Gasteiger partial charge on any atom is 0.162 e. The summed E-state index contributed by atoms with van der Waals surface area (Å²) in [5.74, 6) is 1.05. The Morgan fingerprint density at radius 3 is 2.50 bits per heavy atom. The Labute approximate surface area is 154 Å². The quantitative estimate of drug-likeness (QED) is 0.860. The molecule has 1 aliphatic heterocycles. The Morgan fingerprint density at radius 1 is 1.15 bits per heavy atom. The van der Waals surface area contributed by atoms with Crippen LogP contribution < -0.4 is 10.2 Å². The normalized spacial score (nSPS) is 21.1. The van der Waals surface area contributed by atoms with E-state index < -0.39 is 0 Å². The summed E-state index contributed by atoms with van der Waals surface area (Å²) in [5, 5.41) is 11.0. The SMILES string of the molecule is Cc1[nH]nc2c1[C@H](c1ccc(N(C)C)cc1)C1=C(CC(C)(C)CC1=O)N2. The molecule has 0 radical (unpaired) electrons. The number of ketones is 1. The third-order valence-corrected chi connectivity index (χ3v) is 5.50. The standard InChI is InChI=1S/C21H26N4O/c1-12-17-18(13-6-8-14(9-7-13)25(4)5)19-15(22-20(17)24-23-12)10-21(2,3)11-16(19)26/h6-9,18H,10-11H2,1-5H3,(H2,22,23,24)/t18-/m0/s1. The zero-order chi connectivity index (χ0) is 18.6. The molecule has 0 amide bonds. The van der Waals surface area contributed by atoms with Crippen LogP contribution in [0.2, 0.25) is 0 Å². The second kappa shape index (κ2) is 5.73. The summed E-state index contributed by atoms with van der Waals surface area (Å²) in [6.45, 7) is 6.34. The van der Waals surface area contributed by atoms with E-state index in [-0.39, 0.29) is 17.1 Å². The summed E-state index contributed by atoms with van der Waals surface area (Å²) >= 11 is 0. The van der Waals surface area contributed by atoms with Crippen molar-refractivity contribution in [3.05, 3.63) is 52.4 Å². The molecule has 5 heteroatoms. The lowest BCUT2D eigenvalue weighted by Gasteiger charge is -2.38. The van der Waals surface area contributed by atoms with Crippen molar-refractivity contribution >= 4 is 17.3 Å². The number of allylic oxidation sites excluding steroid dienone is 2. The van der Waals surface area contributed by atoms with Gasteiger partial charge in [0.2, 0.25) is 0 Å². The van der Waals surface area contributed by atoms with Crippen molar-refractivity contribution in [3.63, 3.8) is 0 Å². The van der Waals surface area contributed by atoms with Crippen molar-refractivity contribution < 1.29 is 4.79 Å². The van der Waals surface area contributed by atoms with Crippen LogP contribution in [0.3, 0.4) is 0 Å². The molecule has 0 fully saturated rings. The number of aromatic amines is 1. The molecule has 2 N–H and O–H groups in total. The topological polar surface area (TPSA) is 61.0 Å². The summed E-state index contributed by atoms with van der Waals surface area (Å²) in [7, 11) is 4.07. The van der Waals surface area contributed by atoms with Crippen molar-refractivity contribution in [1.29, 1.82) is 0 Å². The Bertz CT molecular complexity index is 903. The maximum absolute atomic E-state index is 13.1. The number of anilines is 2. The predicted octanol–water partition coefficient (Wildman–Crippen LogP) is 3.98. The van der Waals surface area contributed by atoms with Crippen LogP contribution >= 0.6 is 0 Å². The number of nitrogens with zero attached hydrogens (tertiary/aromatic N) is 2. The van der Waals surface area contributed by atoms with E-state index in [9.17, 15) is 4.79 Å². The van der Waals surface area contributed by atoms with Gasteiger partial charge in [0.05, 0.1) is 0 Å². The Morgan fingerprint density at radius 2 is 1.85 bits per heavy atom. The molecule has 1 aromatic heterocycles. The number of hydrogen-bond acceptors (Lipinski definition) is 4. The van der Waals surface area contributed by atoms with E-state index in [1.165, 1.54) is 0 Å². The number of carbonyl (C=O) groups is 1. The van der Waals surface area contributed by atoms with E-state index in [4.69, 9.17) is 0 Å². The second-order valence-electron chi connectivity index (χ2n) is 8.49. The highest BCUT2D eigenvalue weighted by molar-refractivity contribution is 6.01. The molecule has 26 heavy (non-hydrogen) atoms. The summed E-state index contributed by atoms with van der Waals surface area (Å²) < 4.78 is 0. The highest BCUT2D eigenvalue weighted by Gasteiger charge is 2.42. The van der Waals surface area contributed by atoms with E-state index in [2.05, 4.69) is 58.5 Å². The van der Waals surface area contributed by atoms with E-state index in [0.717, 1.165) is 46.0 Å². The monoisotopic (exact) mass is 350 g/mol. The Hall–Kier alpha value is -2.56. The van der Waals surface area contributed by atoms with Crippen molar-refractivity contribution in [1.82, 2.24) is 10.2 Å². The van der Waals surface area contributed by atoms with Crippen LogP contribution in [-0.4, -0.2) is 30.1 Å². The van der Waals surface area contributed by atoms with E-state index in [1.807, 2.05) is 21.0 Å². The number of hydrogen-bond donors (Lipinski definition) is 2. The lowest BCUT2D eigenvalue weighted by molar-refractivity contribution is -0.118. The first-order valence-electron chi connectivity index (χ1n) is 9.12. The summed E-state index contributed by atoms with van der Waals surface area (Å²) in [5.41, 5.74) is 6.32. The van der Waals surface area contributed by atoms with Gasteiger partial charge in [-0.3, -0.25) is 9.89 Å². The van der Waals surface area contributed by atoms with Gasteiger partial charge in [0.25, 0.3) is 0 Å². The number of aryl methyl sites for hydroxylation is 1. The third-order valence-electron chi connectivity index (χ3n) is 5.50. The molecule has 0 spiro atoms. The van der Waals surface area contributed by atoms with E-state index in [0.29, 0.717) is 6.42 Å². The first-order valence-corrected chi connectivity index (χ1v) is 9.12. The van der Waals surface area contributed by atoms with Gasteiger partial charge in [0, 0.05) is 54.6 Å². The first kappa shape index (κ1) is 16.9. The molecule has 1 aliphatic carbocycles. The van der Waals surface area contributed by atoms with Crippen LogP contribution in [0.25, 0.3) is 0 Å². The fourth-order valence-corrected chi connectivity index (χ4v) is 4.25. The largest absolute Gasteiger partial charge is 0.378 e. The molecule has 0 unspecified atom stereocenters. The number of fused-ring (bicyclic) bond motifs is 1. The molecule has 1 atom stereocenters. The van der Waals surface area contributed by atoms with Crippen molar-refractivity contribution in [2.45, 2.75) is 39.5 Å². The molecule has 4 rings (SSSR count). The number of nitrogens with one attached hydrogen (secondary N) is 2. The Kier molecular flexibility index (Phi) is 3.72. The van der Waals surface area contributed by atoms with E-state index >= 15 is 0 Å². The van der Waals surface area contributed by atoms with Gasteiger partial charge in [-0.25, -0.2) is 0 Å². The molecule has 0 bridgehead atoms. The molecule has 2 aliphatic rings. The number of H-pyrrole nitrogens is 1. The molecule has 0 saturated heterocycles. The number of Topliss-reactive ketones (excluding diaryl/α,β-unsaturated/α-hetero) is 1. The zero-order valence-corrected chi connectivity index (χ0v) is 16.1. The van der Waals surface area contributed by atoms with Gasteiger partial charge in [0.15, 0.2) is 11.6 Å². The molecular weight excluding hydrogens is 324 g/mol. The fraction of sp³-hybridized carbons (Fsp3) is 0.429. The zero-order valence-electron chi connectivity index (χ0n) is 16.1. The molecule has 2 aromatic rings. The maximum atomic E-state index is 13.1. The lowest BCUT2D eigenvalue weighted by atomic mass is 9.69. The van der Waals surface area contributed by atoms with E-state index in [1.54, 1.807) is 0 Å². The summed E-state index contributed by atoms with van der Waals surface area (Å²) in [6.07, 6.45) is 1.46. The van der Waals surface area contributed by atoms with Crippen LogP contribution in [0.5, 0.6) is 0 Å².